The number of nitrogens with zero attached hydrogens (tertiary/aromatic N) is 3. The summed E-state index contributed by atoms with van der Waals surface area (Å²) in [5.41, 5.74) is 5.68. The summed E-state index contributed by atoms with van der Waals surface area (Å²) in [6, 6.07) is 51.1. The second kappa shape index (κ2) is 43.6. The molecule has 3 aromatic heterocycles. The van der Waals surface area contributed by atoms with Gasteiger partial charge in [-0.15, -0.1) is 0 Å². The first-order valence-electron chi connectivity index (χ1n) is 32.4. The Morgan fingerprint density at radius 3 is 0.633 bits per heavy atom. The summed E-state index contributed by atoms with van der Waals surface area (Å²) in [5, 5.41) is 9.09. The normalized spacial score (nSPS) is 16.8. The molecule has 9 aromatic rings. The van der Waals surface area contributed by atoms with Crippen molar-refractivity contribution in [2.45, 2.75) is 207 Å². The number of aryl methyl sites for hydroxylation is 3. The van der Waals surface area contributed by atoms with E-state index >= 15 is 0 Å². The largest absolute Gasteiger partial charge is 0.488 e. The number of hydrogen-bond donors (Lipinski definition) is 0. The summed E-state index contributed by atoms with van der Waals surface area (Å²) in [7, 11) is 5.27. The van der Waals surface area contributed by atoms with Gasteiger partial charge in [-0.3, -0.25) is 0 Å². The molecule has 0 N–H and O–H groups in total. The van der Waals surface area contributed by atoms with Crippen molar-refractivity contribution >= 4 is 157 Å². The van der Waals surface area contributed by atoms with Crippen molar-refractivity contribution in [2.75, 3.05) is 14.5 Å². The van der Waals surface area contributed by atoms with Gasteiger partial charge in [0, 0.05) is 98.8 Å². The number of fused-ring (bicyclic) bond motifs is 9. The second-order valence-corrected chi connectivity index (χ2v) is 26.5. The molecule has 9 nitrogen and oxygen atoms in total. The van der Waals surface area contributed by atoms with E-state index in [1.807, 2.05) is 179 Å². The highest BCUT2D eigenvalue weighted by atomic mass is 127. The highest BCUT2D eigenvalue weighted by molar-refractivity contribution is 14.1. The quantitative estimate of drug-likeness (QED) is 0.0706. The highest BCUT2D eigenvalue weighted by Gasteiger charge is 2.63. The lowest BCUT2D eigenvalue weighted by molar-refractivity contribution is 0.00578. The second-order valence-electron chi connectivity index (χ2n) is 21.9. The molecule has 16 heteroatoms. The Hall–Kier alpha value is -3.29. The Bertz CT molecular complexity index is 2850. The van der Waals surface area contributed by atoms with Crippen LogP contribution >= 0.6 is 70.4 Å². The molecular formula is C74H117B3Br3IN3O6+. The maximum Gasteiger partial charge on any atom is 0.488 e. The Labute approximate surface area is 588 Å². The third-order valence-electron chi connectivity index (χ3n) is 15.4. The van der Waals surface area contributed by atoms with E-state index in [0.29, 0.717) is 0 Å². The summed E-state index contributed by atoms with van der Waals surface area (Å²) < 4.78 is 42.5. The smallest absolute Gasteiger partial charge is 0.405 e. The van der Waals surface area contributed by atoms with Crippen molar-refractivity contribution in [3.05, 3.63) is 153 Å². The van der Waals surface area contributed by atoms with Crippen molar-refractivity contribution < 1.29 is 27.9 Å². The molecule has 500 valence electrons. The van der Waals surface area contributed by atoms with Crippen LogP contribution in [-0.4, -0.2) is 82.9 Å². The molecule has 3 aliphatic rings. The Morgan fingerprint density at radius 1 is 0.356 bits per heavy atom. The molecule has 0 spiro atoms. The maximum atomic E-state index is 5.96. The van der Waals surface area contributed by atoms with E-state index in [2.05, 4.69) is 258 Å². The first-order chi connectivity index (χ1) is 42.7. The van der Waals surface area contributed by atoms with Gasteiger partial charge in [0.25, 0.3) is 0 Å². The fraction of sp³-hybridized carbons (Fsp3) is 0.500. The van der Waals surface area contributed by atoms with Crippen LogP contribution in [0.4, 0.5) is 0 Å². The average molecular weight is 1540 g/mol. The predicted octanol–water partition coefficient (Wildman–Crippen LogP) is 24.1. The molecule has 3 saturated heterocycles. The Balaban J connectivity index is 0. The van der Waals surface area contributed by atoms with E-state index in [4.69, 9.17) is 27.9 Å². The van der Waals surface area contributed by atoms with Gasteiger partial charge in [0.15, 0.2) is 0 Å². The van der Waals surface area contributed by atoms with Crippen LogP contribution in [0.5, 0.6) is 0 Å². The van der Waals surface area contributed by atoms with Crippen molar-refractivity contribution in [1.29, 1.82) is 0 Å². The minimum atomic E-state index is -0.476. The molecule has 0 radical (unpaired) electrons. The fourth-order valence-electron chi connectivity index (χ4n) is 9.42. The van der Waals surface area contributed by atoms with Crippen molar-refractivity contribution in [3.63, 3.8) is 0 Å². The Morgan fingerprint density at radius 2 is 0.511 bits per heavy atom. The third-order valence-corrected chi connectivity index (χ3v) is 15.4. The van der Waals surface area contributed by atoms with Crippen LogP contribution in [0, 0.1) is 6.92 Å². The SMILES string of the molecule is BrCI.CBr.CC.CC.CC.CC.CC.CC.CC1(C)OB(B2OC(C)(C)C(C)(C)O2)OC1(C)C.CCBr.Cn1c2ccccc2c2ccccc21.Cn1c2ccccc2c2ccccc21.Cn1c2ccccc2c2ccccc21.[CH2+]C1(C)OB(C)OC1(C)C. The Kier molecular flexibility index (Phi) is 43.1. The van der Waals surface area contributed by atoms with E-state index < -0.39 is 19.6 Å². The molecule has 0 amide bonds. The number of benzene rings is 6. The van der Waals surface area contributed by atoms with Gasteiger partial charge in [0.05, 0.1) is 32.7 Å². The van der Waals surface area contributed by atoms with Crippen LogP contribution in [-0.2, 0) is 49.1 Å². The number of para-hydroxylation sites is 6. The summed E-state index contributed by atoms with van der Waals surface area (Å²) in [6.07, 6.45) is 0. The molecule has 0 saturated carbocycles. The van der Waals surface area contributed by atoms with Gasteiger partial charge in [-0.25, -0.2) is 0 Å². The van der Waals surface area contributed by atoms with Crippen molar-refractivity contribution in [3.8, 4) is 0 Å². The summed E-state index contributed by atoms with van der Waals surface area (Å²) in [6.45, 7) is 54.0. The predicted molar refractivity (Wildman–Crippen MR) is 425 cm³/mol. The summed E-state index contributed by atoms with van der Waals surface area (Å²) >= 11 is 11.4. The van der Waals surface area contributed by atoms with Gasteiger partial charge in [-0.1, -0.05) is 270 Å². The molecular weight excluding hydrogens is 1430 g/mol. The van der Waals surface area contributed by atoms with E-state index in [9.17, 15) is 0 Å². The minimum Gasteiger partial charge on any atom is -0.405 e. The molecule has 1 atom stereocenters. The monoisotopic (exact) mass is 1540 g/mol. The molecule has 0 bridgehead atoms. The van der Waals surface area contributed by atoms with Crippen LogP contribution in [0.2, 0.25) is 6.82 Å². The van der Waals surface area contributed by atoms with Gasteiger partial charge in [-0.2, -0.15) is 0 Å². The molecule has 3 aliphatic heterocycles. The van der Waals surface area contributed by atoms with Crippen LogP contribution < -0.4 is 0 Å². The van der Waals surface area contributed by atoms with Crippen LogP contribution in [0.25, 0.3) is 65.4 Å². The molecule has 6 aromatic carbocycles. The van der Waals surface area contributed by atoms with Gasteiger partial charge >= 0.3 is 21.1 Å². The average Bonchev–Trinajstić information content (AvgIpc) is 1.76. The van der Waals surface area contributed by atoms with Gasteiger partial charge < -0.3 is 41.6 Å². The molecule has 12 rings (SSSR count). The molecule has 1 unspecified atom stereocenters. The minimum absolute atomic E-state index is 0.127. The summed E-state index contributed by atoms with van der Waals surface area (Å²) in [5.74, 6) is 1.81. The standard InChI is InChI=1S/3C13H11N.C12H24B2O4.C7H14BO2.C2H5Br.6C2H6.CH2BrI.CH3Br/c3*1-14-12-8-4-2-6-10(12)11-7-3-5-9-13(11)14;1-9(2)10(3,4)16-13(15-9)14-17-11(5,6)12(7,8)18-14;1-6(2)7(3,4)10-8(5)9-6;1-2-3;6*1-2;2-1-3;1-2/h3*2-9H,1H3;1-8H3;1H2,2-5H3;2H2,1H3;6*1-2H3;1H2;1H3/q;;;;+1;;;;;;;;;. The van der Waals surface area contributed by atoms with Gasteiger partial charge in [0.1, 0.15) is 5.60 Å². The number of aromatic nitrogens is 3. The first kappa shape index (κ1) is 88.8. The van der Waals surface area contributed by atoms with E-state index in [1.165, 1.54) is 65.4 Å². The van der Waals surface area contributed by atoms with Crippen LogP contribution in [0.1, 0.15) is 166 Å². The van der Waals surface area contributed by atoms with Crippen molar-refractivity contribution in [1.82, 2.24) is 13.7 Å². The molecule has 6 heterocycles. The zero-order chi connectivity index (χ0) is 70.0. The fourth-order valence-corrected chi connectivity index (χ4v) is 9.42. The number of alkyl halides is 4. The van der Waals surface area contributed by atoms with E-state index in [1.54, 1.807) is 0 Å². The lowest BCUT2D eigenvalue weighted by Crippen LogP contribution is -2.42. The van der Waals surface area contributed by atoms with E-state index in [0.717, 1.165) is 8.67 Å². The lowest BCUT2D eigenvalue weighted by atomic mass is 9.49. The number of halogens is 4. The van der Waals surface area contributed by atoms with Crippen molar-refractivity contribution in [2.24, 2.45) is 21.1 Å². The zero-order valence-electron chi connectivity index (χ0n) is 61.0. The summed E-state index contributed by atoms with van der Waals surface area (Å²) in [4.78, 5) is 0. The number of hydrogen-bond acceptors (Lipinski definition) is 6. The number of rotatable bonds is 1. The zero-order valence-corrected chi connectivity index (χ0v) is 67.9. The topological polar surface area (TPSA) is 70.2 Å². The van der Waals surface area contributed by atoms with Crippen LogP contribution in [0.15, 0.2) is 146 Å². The highest BCUT2D eigenvalue weighted by Crippen LogP contribution is 2.43. The maximum absolute atomic E-state index is 5.96. The molecule has 90 heavy (non-hydrogen) atoms. The molecule has 0 aliphatic carbocycles. The lowest BCUT2D eigenvalue weighted by Gasteiger charge is -2.32. The third kappa shape index (κ3) is 23.3. The molecule has 3 fully saturated rings. The van der Waals surface area contributed by atoms with E-state index in [-0.39, 0.29) is 35.1 Å². The van der Waals surface area contributed by atoms with Gasteiger partial charge in [0.2, 0.25) is 5.60 Å². The van der Waals surface area contributed by atoms with Gasteiger partial charge in [-0.05, 0) is 118 Å². The van der Waals surface area contributed by atoms with Crippen LogP contribution in [0.3, 0.4) is 0 Å². The first-order valence-corrected chi connectivity index (χ1v) is 37.8.